The van der Waals surface area contributed by atoms with Crippen molar-refractivity contribution in [2.75, 3.05) is 32.5 Å². The topological polar surface area (TPSA) is 80.6 Å². The molecule has 2 heterocycles. The van der Waals surface area contributed by atoms with Gasteiger partial charge in [-0.05, 0) is 56.3 Å². The van der Waals surface area contributed by atoms with Crippen LogP contribution in [0.4, 0.5) is 13.2 Å². The van der Waals surface area contributed by atoms with Gasteiger partial charge in [-0.3, -0.25) is 14.2 Å². The molecule has 12 heteroatoms. The molecule has 1 saturated heterocycles. The first-order valence-corrected chi connectivity index (χ1v) is 14.6. The smallest absolute Gasteiger partial charge is 0.416 e. The Morgan fingerprint density at radius 3 is 2.37 bits per heavy atom. The normalized spacial score (nSPS) is 15.4. The highest BCUT2D eigenvalue weighted by Crippen LogP contribution is 2.31. The van der Waals surface area contributed by atoms with Crippen LogP contribution in [0.1, 0.15) is 28.4 Å². The summed E-state index contributed by atoms with van der Waals surface area (Å²) in [4.78, 5) is 29.5. The second-order valence-electron chi connectivity index (χ2n) is 10.3. The number of aryl methyl sites for hydroxylation is 1. The van der Waals surface area contributed by atoms with Crippen molar-refractivity contribution in [1.29, 1.82) is 0 Å². The lowest BCUT2D eigenvalue weighted by molar-refractivity contribution is -0.137. The molecule has 0 spiro atoms. The predicted octanol–water partition coefficient (Wildman–Crippen LogP) is 5.74. The third-order valence-corrected chi connectivity index (χ3v) is 8.19. The van der Waals surface area contributed by atoms with Crippen LogP contribution in [0.25, 0.3) is 17.1 Å². The lowest BCUT2D eigenvalue weighted by Crippen LogP contribution is -2.55. The lowest BCUT2D eigenvalue weighted by atomic mass is 10.1. The van der Waals surface area contributed by atoms with E-state index in [2.05, 4.69) is 10.2 Å². The van der Waals surface area contributed by atoms with Crippen molar-refractivity contribution in [2.24, 2.45) is 0 Å². The molecule has 1 atom stereocenters. The molecule has 1 fully saturated rings. The number of amides is 2. The average Bonchev–Trinajstić information content (AvgIpc) is 3.43. The van der Waals surface area contributed by atoms with Crippen molar-refractivity contribution >= 4 is 23.6 Å². The fraction of sp³-hybridized carbons (Fsp3) is 0.290. The number of rotatable bonds is 7. The van der Waals surface area contributed by atoms with Crippen molar-refractivity contribution in [2.45, 2.75) is 31.2 Å². The van der Waals surface area contributed by atoms with Gasteiger partial charge >= 0.3 is 6.18 Å². The molecule has 8 nitrogen and oxygen atoms in total. The van der Waals surface area contributed by atoms with Crippen LogP contribution in [0.5, 0.6) is 5.75 Å². The van der Waals surface area contributed by atoms with E-state index < -0.39 is 17.6 Å². The maximum absolute atomic E-state index is 13.3. The van der Waals surface area contributed by atoms with Crippen LogP contribution in [-0.4, -0.2) is 74.9 Å². The number of alkyl halides is 3. The molecule has 4 aromatic rings. The van der Waals surface area contributed by atoms with E-state index in [0.29, 0.717) is 16.7 Å². The molecule has 0 radical (unpaired) electrons. The molecule has 1 aliphatic rings. The zero-order chi connectivity index (χ0) is 30.7. The van der Waals surface area contributed by atoms with Gasteiger partial charge in [-0.25, -0.2) is 0 Å². The summed E-state index contributed by atoms with van der Waals surface area (Å²) in [6.45, 7) is 4.55. The molecular formula is C31H30F3N5O3S. The van der Waals surface area contributed by atoms with E-state index in [1.54, 1.807) is 18.9 Å². The highest BCUT2D eigenvalue weighted by Gasteiger charge is 2.34. The predicted molar refractivity (Wildman–Crippen MR) is 157 cm³/mol. The Kier molecular flexibility index (Phi) is 8.77. The Bertz CT molecular complexity index is 1610. The van der Waals surface area contributed by atoms with E-state index >= 15 is 0 Å². The zero-order valence-corrected chi connectivity index (χ0v) is 24.7. The Labute approximate surface area is 251 Å². The van der Waals surface area contributed by atoms with E-state index in [1.807, 2.05) is 60.0 Å². The number of hydrogen-bond acceptors (Lipinski definition) is 6. The number of carbonyl (C=O) groups is 2. The average molecular weight is 610 g/mol. The maximum atomic E-state index is 13.3. The number of thioether (sulfide) groups is 1. The highest BCUT2D eigenvalue weighted by molar-refractivity contribution is 7.99. The van der Waals surface area contributed by atoms with Gasteiger partial charge in [-0.15, -0.1) is 10.2 Å². The van der Waals surface area contributed by atoms with Crippen LogP contribution in [0, 0.1) is 6.92 Å². The summed E-state index contributed by atoms with van der Waals surface area (Å²) < 4.78 is 46.7. The van der Waals surface area contributed by atoms with Crippen molar-refractivity contribution in [3.8, 4) is 22.8 Å². The third kappa shape index (κ3) is 6.69. The molecule has 0 N–H and O–H groups in total. The molecule has 1 aromatic heterocycles. The van der Waals surface area contributed by atoms with Crippen molar-refractivity contribution < 1.29 is 27.5 Å². The highest BCUT2D eigenvalue weighted by atomic mass is 32.2. The first-order valence-electron chi connectivity index (χ1n) is 13.6. The third-order valence-electron chi connectivity index (χ3n) is 7.28. The maximum Gasteiger partial charge on any atom is 0.416 e. The van der Waals surface area contributed by atoms with Crippen molar-refractivity contribution in [3.05, 3.63) is 89.5 Å². The largest absolute Gasteiger partial charge is 0.497 e. The van der Waals surface area contributed by atoms with Gasteiger partial charge in [-0.2, -0.15) is 13.2 Å². The Balaban J connectivity index is 1.28. The van der Waals surface area contributed by atoms with Crippen LogP contribution in [0.3, 0.4) is 0 Å². The summed E-state index contributed by atoms with van der Waals surface area (Å²) in [6.07, 6.45) is -4.54. The van der Waals surface area contributed by atoms with Crippen molar-refractivity contribution in [3.63, 3.8) is 0 Å². The van der Waals surface area contributed by atoms with Crippen LogP contribution in [0.15, 0.2) is 78.0 Å². The van der Waals surface area contributed by atoms with E-state index in [1.165, 1.54) is 28.8 Å². The standard InChI is InChI=1S/C31H30F3N5O3S/c1-20-7-9-22(10-8-20)28-35-36-30(39(28)25-11-13-26(42-3)14-12-25)43-19-27(40)37-15-16-38(21(2)18-37)29(41)23-5-4-6-24(17-23)31(32,33)34/h4-14,17,21H,15-16,18-19H2,1-3H3/t21-/m1/s1. The van der Waals surface area contributed by atoms with Gasteiger partial charge in [0.25, 0.3) is 5.91 Å². The number of methoxy groups -OCH3 is 1. The SMILES string of the molecule is COc1ccc(-n2c(SCC(=O)N3CCN(C(=O)c4cccc(C(F)(F)F)c4)[C@H](C)C3)nnc2-c2ccc(C)cc2)cc1. The number of halogens is 3. The molecule has 0 bridgehead atoms. The number of hydrogen-bond donors (Lipinski definition) is 0. The molecule has 0 unspecified atom stereocenters. The summed E-state index contributed by atoms with van der Waals surface area (Å²) in [5.74, 6) is 0.810. The first-order chi connectivity index (χ1) is 20.5. The van der Waals surface area contributed by atoms with Gasteiger partial charge in [0.15, 0.2) is 11.0 Å². The minimum atomic E-state index is -4.54. The summed E-state index contributed by atoms with van der Waals surface area (Å²) in [7, 11) is 1.60. The molecule has 2 amide bonds. The number of carbonyl (C=O) groups excluding carboxylic acids is 2. The van der Waals surface area contributed by atoms with Gasteiger partial charge in [0.1, 0.15) is 5.75 Å². The molecule has 1 aliphatic heterocycles. The van der Waals surface area contributed by atoms with E-state index in [-0.39, 0.29) is 42.9 Å². The van der Waals surface area contributed by atoms with E-state index in [9.17, 15) is 22.8 Å². The summed E-state index contributed by atoms with van der Waals surface area (Å²) >= 11 is 1.26. The van der Waals surface area contributed by atoms with Gasteiger partial charge in [0.2, 0.25) is 5.91 Å². The second-order valence-corrected chi connectivity index (χ2v) is 11.2. The van der Waals surface area contributed by atoms with Gasteiger partial charge in [0.05, 0.1) is 18.4 Å². The number of aromatic nitrogens is 3. The van der Waals surface area contributed by atoms with E-state index in [0.717, 1.165) is 28.9 Å². The molecular weight excluding hydrogens is 579 g/mol. The Morgan fingerprint density at radius 2 is 1.72 bits per heavy atom. The Hall–Kier alpha value is -4.32. The Morgan fingerprint density at radius 1 is 1.00 bits per heavy atom. The number of ether oxygens (including phenoxy) is 1. The van der Waals surface area contributed by atoms with Crippen molar-refractivity contribution in [1.82, 2.24) is 24.6 Å². The molecule has 5 rings (SSSR count). The number of nitrogens with zero attached hydrogens (tertiary/aromatic N) is 5. The fourth-order valence-electron chi connectivity index (χ4n) is 4.91. The molecule has 43 heavy (non-hydrogen) atoms. The van der Waals surface area contributed by atoms with Crippen LogP contribution in [0.2, 0.25) is 0 Å². The lowest BCUT2D eigenvalue weighted by Gasteiger charge is -2.40. The minimum Gasteiger partial charge on any atom is -0.497 e. The summed E-state index contributed by atoms with van der Waals surface area (Å²) in [5.41, 5.74) is 1.91. The van der Waals surface area contributed by atoms with Crippen LogP contribution < -0.4 is 4.74 Å². The van der Waals surface area contributed by atoms with Gasteiger partial charge in [0, 0.05) is 42.5 Å². The van der Waals surface area contributed by atoms with Gasteiger partial charge < -0.3 is 14.5 Å². The first kappa shape index (κ1) is 30.1. The number of benzene rings is 3. The molecule has 224 valence electrons. The van der Waals surface area contributed by atoms with E-state index in [4.69, 9.17) is 4.74 Å². The quantitative estimate of drug-likeness (QED) is 0.249. The summed E-state index contributed by atoms with van der Waals surface area (Å²) in [5, 5.41) is 9.38. The molecule has 3 aromatic carbocycles. The zero-order valence-electron chi connectivity index (χ0n) is 23.8. The fourth-order valence-corrected chi connectivity index (χ4v) is 5.77. The summed E-state index contributed by atoms with van der Waals surface area (Å²) in [6, 6.07) is 19.5. The monoisotopic (exact) mass is 609 g/mol. The van der Waals surface area contributed by atoms with Gasteiger partial charge in [-0.1, -0.05) is 47.7 Å². The van der Waals surface area contributed by atoms with Crippen LogP contribution >= 0.6 is 11.8 Å². The minimum absolute atomic E-state index is 0.0285. The second kappa shape index (κ2) is 12.5. The molecule has 0 aliphatic carbocycles. The number of piperazine rings is 1. The molecule has 0 saturated carbocycles. The van der Waals surface area contributed by atoms with Crippen LogP contribution in [-0.2, 0) is 11.0 Å².